The van der Waals surface area contributed by atoms with Crippen molar-refractivity contribution in [3.05, 3.63) is 72.8 Å². The van der Waals surface area contributed by atoms with Gasteiger partial charge in [-0.25, -0.2) is 15.0 Å². The van der Waals surface area contributed by atoms with Gasteiger partial charge in [-0.15, -0.1) is 0 Å². The van der Waals surface area contributed by atoms with Crippen LogP contribution in [0.4, 0.5) is 0 Å². The van der Waals surface area contributed by atoms with E-state index in [1.165, 1.54) is 0 Å². The molecule has 0 fully saturated rings. The van der Waals surface area contributed by atoms with Crippen LogP contribution in [-0.2, 0) is 0 Å². The van der Waals surface area contributed by atoms with Gasteiger partial charge in [-0.05, 0) is 110 Å². The Hall–Kier alpha value is -4.05. The average Bonchev–Trinajstić information content (AvgIpc) is 3.15. The lowest BCUT2D eigenvalue weighted by Crippen LogP contribution is -2.25. The molecule has 0 radical (unpaired) electrons. The van der Waals surface area contributed by atoms with E-state index < -0.39 is 18.3 Å². The Kier molecular flexibility index (Phi) is 15.7. The molecule has 1 aromatic heterocycles. The Bertz CT molecular complexity index is 1380. The number of hydrogen-bond acceptors (Lipinski definition) is 9. The van der Waals surface area contributed by atoms with Crippen LogP contribution in [0.1, 0.15) is 80.1 Å². The van der Waals surface area contributed by atoms with Crippen LogP contribution in [0.25, 0.3) is 34.2 Å². The van der Waals surface area contributed by atoms with Crippen LogP contribution in [0.3, 0.4) is 0 Å². The highest BCUT2D eigenvalue weighted by atomic mass is 16.5. The molecule has 6 atom stereocenters. The lowest BCUT2D eigenvalue weighted by molar-refractivity contribution is 0.0600. The van der Waals surface area contributed by atoms with E-state index in [1.54, 1.807) is 0 Å². The fraction of sp³-hybridized carbons (Fsp3) is 0.500. The molecule has 9 nitrogen and oxygen atoms in total. The van der Waals surface area contributed by atoms with Crippen molar-refractivity contribution in [2.45, 2.75) is 98.4 Å². The first-order valence-corrected chi connectivity index (χ1v) is 18.6. The van der Waals surface area contributed by atoms with E-state index in [2.05, 4.69) is 20.8 Å². The van der Waals surface area contributed by atoms with Crippen LogP contribution >= 0.6 is 0 Å². The number of ether oxygens (including phenoxy) is 3. The maximum absolute atomic E-state index is 10.5. The summed E-state index contributed by atoms with van der Waals surface area (Å²) in [7, 11) is 0. The standard InChI is InChI=1S/C42H57N3O6/c1-7-10-28(4)37(46)25-49-34-19-13-31(14-20-34)40-43-41(32-15-21-35(22-16-32)50-26-38(47)29(5)11-8-2)45-42(44-40)33-17-23-36(24-18-33)51-27-39(48)30(6)12-9-3/h13-24,28-30,37-39,46-48H,7-12,25-27H2,1-6H3. The van der Waals surface area contributed by atoms with Gasteiger partial charge in [0.15, 0.2) is 17.5 Å². The van der Waals surface area contributed by atoms with Gasteiger partial charge in [0.25, 0.3) is 0 Å². The summed E-state index contributed by atoms with van der Waals surface area (Å²) in [5.74, 6) is 3.97. The lowest BCUT2D eigenvalue weighted by Gasteiger charge is -2.19. The maximum Gasteiger partial charge on any atom is 0.164 e. The molecule has 0 aliphatic heterocycles. The highest BCUT2D eigenvalue weighted by Crippen LogP contribution is 2.28. The summed E-state index contributed by atoms with van der Waals surface area (Å²) >= 11 is 0. The molecular weight excluding hydrogens is 642 g/mol. The molecule has 3 aromatic carbocycles. The second-order valence-corrected chi connectivity index (χ2v) is 13.8. The maximum atomic E-state index is 10.5. The van der Waals surface area contributed by atoms with Crippen molar-refractivity contribution >= 4 is 0 Å². The molecule has 9 heteroatoms. The number of rotatable bonds is 21. The van der Waals surface area contributed by atoms with Gasteiger partial charge in [0.2, 0.25) is 0 Å². The lowest BCUT2D eigenvalue weighted by atomic mass is 10.0. The highest BCUT2D eigenvalue weighted by molar-refractivity contribution is 5.67. The minimum Gasteiger partial charge on any atom is -0.491 e. The third kappa shape index (κ3) is 12.0. The second kappa shape index (κ2) is 20.1. The topological polar surface area (TPSA) is 127 Å². The van der Waals surface area contributed by atoms with E-state index in [1.807, 2.05) is 93.6 Å². The highest BCUT2D eigenvalue weighted by Gasteiger charge is 2.18. The van der Waals surface area contributed by atoms with Crippen LogP contribution in [0, 0.1) is 17.8 Å². The SMILES string of the molecule is CCCC(C)C(O)COc1ccc(-c2nc(-c3ccc(OCC(O)C(C)CCC)cc3)nc(-c3ccc(OCC(O)C(C)CCC)cc3)n2)cc1. The first-order valence-electron chi connectivity index (χ1n) is 18.6. The quantitative estimate of drug-likeness (QED) is 0.0786. The van der Waals surface area contributed by atoms with Crippen molar-refractivity contribution in [1.82, 2.24) is 15.0 Å². The van der Waals surface area contributed by atoms with Crippen molar-refractivity contribution < 1.29 is 29.5 Å². The smallest absolute Gasteiger partial charge is 0.164 e. The molecule has 0 saturated heterocycles. The number of hydrogen-bond donors (Lipinski definition) is 3. The predicted molar refractivity (Wildman–Crippen MR) is 203 cm³/mol. The average molecular weight is 700 g/mol. The van der Waals surface area contributed by atoms with Crippen LogP contribution in [0.5, 0.6) is 17.2 Å². The van der Waals surface area contributed by atoms with Crippen molar-refractivity contribution in [2.24, 2.45) is 17.8 Å². The van der Waals surface area contributed by atoms with Crippen LogP contribution in [0.2, 0.25) is 0 Å². The minimum absolute atomic E-state index is 0.166. The third-order valence-electron chi connectivity index (χ3n) is 9.44. The zero-order valence-corrected chi connectivity index (χ0v) is 31.2. The van der Waals surface area contributed by atoms with Gasteiger partial charge in [0.05, 0.1) is 18.3 Å². The van der Waals surface area contributed by atoms with E-state index in [0.717, 1.165) is 55.2 Å². The summed E-state index contributed by atoms with van der Waals surface area (Å²) in [4.78, 5) is 14.6. The summed E-state index contributed by atoms with van der Waals surface area (Å²) in [6.45, 7) is 13.1. The molecule has 4 rings (SSSR count). The number of benzene rings is 3. The molecule has 4 aromatic rings. The predicted octanol–water partition coefficient (Wildman–Crippen LogP) is 8.40. The first-order chi connectivity index (χ1) is 24.6. The molecule has 3 N–H and O–H groups in total. The third-order valence-corrected chi connectivity index (χ3v) is 9.44. The van der Waals surface area contributed by atoms with Gasteiger partial charge in [0.1, 0.15) is 37.1 Å². The van der Waals surface area contributed by atoms with Gasteiger partial charge in [-0.2, -0.15) is 0 Å². The monoisotopic (exact) mass is 699 g/mol. The van der Waals surface area contributed by atoms with E-state index >= 15 is 0 Å². The zero-order chi connectivity index (χ0) is 36.8. The largest absolute Gasteiger partial charge is 0.491 e. The molecule has 6 unspecified atom stereocenters. The van der Waals surface area contributed by atoms with Crippen molar-refractivity contribution in [3.63, 3.8) is 0 Å². The molecule has 0 amide bonds. The summed E-state index contributed by atoms with van der Waals surface area (Å²) in [6, 6.07) is 22.6. The normalized spacial score (nSPS) is 15.0. The molecule has 0 bridgehead atoms. The Labute approximate surface area is 304 Å². The Morgan fingerprint density at radius 2 is 0.667 bits per heavy atom. The molecular formula is C42H57N3O6. The molecule has 0 aliphatic rings. The number of aliphatic hydroxyl groups excluding tert-OH is 3. The van der Waals surface area contributed by atoms with E-state index in [0.29, 0.717) is 34.7 Å². The summed E-state index contributed by atoms with van der Waals surface area (Å²) in [5, 5.41) is 31.4. The molecule has 0 spiro atoms. The Balaban J connectivity index is 1.57. The molecule has 0 aliphatic carbocycles. The fourth-order valence-corrected chi connectivity index (χ4v) is 5.84. The molecule has 0 saturated carbocycles. The second-order valence-electron chi connectivity index (χ2n) is 13.8. The van der Waals surface area contributed by atoms with Crippen molar-refractivity contribution in [3.8, 4) is 51.4 Å². The Morgan fingerprint density at radius 3 is 0.882 bits per heavy atom. The molecule has 1 heterocycles. The van der Waals surface area contributed by atoms with Crippen molar-refractivity contribution in [1.29, 1.82) is 0 Å². The minimum atomic E-state index is -0.531. The van der Waals surface area contributed by atoms with Crippen LogP contribution < -0.4 is 14.2 Å². The summed E-state index contributed by atoms with van der Waals surface area (Å²) in [6.07, 6.45) is 4.30. The van der Waals surface area contributed by atoms with Gasteiger partial charge in [-0.1, -0.05) is 60.8 Å². The van der Waals surface area contributed by atoms with Crippen LogP contribution in [0.15, 0.2) is 72.8 Å². The number of aliphatic hydroxyl groups is 3. The zero-order valence-electron chi connectivity index (χ0n) is 31.2. The van der Waals surface area contributed by atoms with E-state index in [4.69, 9.17) is 29.2 Å². The number of nitrogens with zero attached hydrogens (tertiary/aromatic N) is 3. The van der Waals surface area contributed by atoms with Gasteiger partial charge < -0.3 is 29.5 Å². The van der Waals surface area contributed by atoms with Gasteiger partial charge >= 0.3 is 0 Å². The van der Waals surface area contributed by atoms with Crippen molar-refractivity contribution in [2.75, 3.05) is 19.8 Å². The van der Waals surface area contributed by atoms with Gasteiger partial charge in [-0.3, -0.25) is 0 Å². The first kappa shape index (κ1) is 39.7. The fourth-order valence-electron chi connectivity index (χ4n) is 5.84. The number of aromatic nitrogens is 3. The van der Waals surface area contributed by atoms with Crippen LogP contribution in [-0.4, -0.2) is 68.4 Å². The molecule has 51 heavy (non-hydrogen) atoms. The van der Waals surface area contributed by atoms with Gasteiger partial charge in [0, 0.05) is 16.7 Å². The van der Waals surface area contributed by atoms with E-state index in [-0.39, 0.29) is 37.6 Å². The van der Waals surface area contributed by atoms with E-state index in [9.17, 15) is 15.3 Å². The summed E-state index contributed by atoms with van der Waals surface area (Å²) in [5.41, 5.74) is 2.37. The molecule has 276 valence electrons. The Morgan fingerprint density at radius 1 is 0.431 bits per heavy atom. The summed E-state index contributed by atoms with van der Waals surface area (Å²) < 4.78 is 17.7.